The number of sulfonamides is 1. The van der Waals surface area contributed by atoms with E-state index in [-0.39, 0.29) is 23.0 Å². The summed E-state index contributed by atoms with van der Waals surface area (Å²) in [6.07, 6.45) is 3.03. The minimum atomic E-state index is -3.94. The maximum atomic E-state index is 12.6. The Morgan fingerprint density at radius 1 is 1.09 bits per heavy atom. The van der Waals surface area contributed by atoms with Crippen molar-refractivity contribution in [3.63, 3.8) is 0 Å². The summed E-state index contributed by atoms with van der Waals surface area (Å²) in [5.74, 6) is -1.01. The zero-order valence-corrected chi connectivity index (χ0v) is 19.6. The lowest BCUT2D eigenvalue weighted by atomic mass is 9.78. The lowest BCUT2D eigenvalue weighted by Gasteiger charge is -2.34. The Kier molecular flexibility index (Phi) is 8.10. The quantitative estimate of drug-likeness (QED) is 0.506. The molecular weight excluding hydrogens is 444 g/mol. The molecule has 2 aromatic carbocycles. The standard InChI is InChI=1S/C24H30N2O6S/c1-16-7-6-10-21(17(16)2)26-23(28)15-32-24(29)20-13-19(11-12-22(20)27)33(30,31)25-14-18-8-4-3-5-9-18/h3-5,8-9,11-13,16-17,21,25,27H,6-7,10,14-15H2,1-2H3,(H,26,28)/t16-,17+,21-/m1/s1. The number of phenols is 1. The summed E-state index contributed by atoms with van der Waals surface area (Å²) in [4.78, 5) is 24.5. The van der Waals surface area contributed by atoms with E-state index < -0.39 is 34.3 Å². The molecule has 9 heteroatoms. The van der Waals surface area contributed by atoms with Crippen LogP contribution in [0.15, 0.2) is 53.4 Å². The molecule has 33 heavy (non-hydrogen) atoms. The largest absolute Gasteiger partial charge is 0.507 e. The van der Waals surface area contributed by atoms with Gasteiger partial charge >= 0.3 is 5.97 Å². The molecule has 0 bridgehead atoms. The summed E-state index contributed by atoms with van der Waals surface area (Å²) in [5.41, 5.74) is 0.442. The van der Waals surface area contributed by atoms with Crippen molar-refractivity contribution >= 4 is 21.9 Å². The average molecular weight is 475 g/mol. The molecule has 1 saturated carbocycles. The van der Waals surface area contributed by atoms with Gasteiger partial charge in [0.25, 0.3) is 5.91 Å². The van der Waals surface area contributed by atoms with Gasteiger partial charge in [-0.25, -0.2) is 17.9 Å². The van der Waals surface area contributed by atoms with Crippen molar-refractivity contribution < 1.29 is 27.9 Å². The molecule has 3 N–H and O–H groups in total. The fourth-order valence-corrected chi connectivity index (χ4v) is 4.99. The normalized spacial score (nSPS) is 20.7. The highest BCUT2D eigenvalue weighted by molar-refractivity contribution is 7.89. The van der Waals surface area contributed by atoms with Gasteiger partial charge in [0.1, 0.15) is 11.3 Å². The molecule has 0 saturated heterocycles. The van der Waals surface area contributed by atoms with Crippen molar-refractivity contribution in [2.75, 3.05) is 6.61 Å². The van der Waals surface area contributed by atoms with Gasteiger partial charge < -0.3 is 15.2 Å². The number of phenolic OH excluding ortho intramolecular Hbond substituents is 1. The molecule has 0 spiro atoms. The third-order valence-electron chi connectivity index (χ3n) is 6.19. The second-order valence-electron chi connectivity index (χ2n) is 8.51. The van der Waals surface area contributed by atoms with Crippen LogP contribution in [0, 0.1) is 11.8 Å². The van der Waals surface area contributed by atoms with Crippen molar-refractivity contribution in [2.24, 2.45) is 11.8 Å². The third kappa shape index (κ3) is 6.55. The van der Waals surface area contributed by atoms with Crippen LogP contribution in [0.4, 0.5) is 0 Å². The topological polar surface area (TPSA) is 122 Å². The minimum absolute atomic E-state index is 0.0255. The molecule has 2 aromatic rings. The summed E-state index contributed by atoms with van der Waals surface area (Å²) in [7, 11) is -3.94. The van der Waals surface area contributed by atoms with Crippen LogP contribution in [0.2, 0.25) is 0 Å². The van der Waals surface area contributed by atoms with Gasteiger partial charge in [-0.05, 0) is 42.0 Å². The fraction of sp³-hybridized carbons (Fsp3) is 0.417. The maximum Gasteiger partial charge on any atom is 0.342 e. The summed E-state index contributed by atoms with van der Waals surface area (Å²) in [6.45, 7) is 3.80. The number of aromatic hydroxyl groups is 1. The number of carbonyl (C=O) groups is 2. The summed E-state index contributed by atoms with van der Waals surface area (Å²) >= 11 is 0. The van der Waals surface area contributed by atoms with E-state index in [0.29, 0.717) is 11.8 Å². The molecule has 3 rings (SSSR count). The van der Waals surface area contributed by atoms with Crippen LogP contribution in [0.5, 0.6) is 5.75 Å². The minimum Gasteiger partial charge on any atom is -0.507 e. The number of hydrogen-bond acceptors (Lipinski definition) is 6. The van der Waals surface area contributed by atoms with Gasteiger partial charge in [0.15, 0.2) is 6.61 Å². The van der Waals surface area contributed by atoms with Crippen LogP contribution in [0.1, 0.15) is 49.0 Å². The molecule has 3 atom stereocenters. The first kappa shape index (κ1) is 24.7. The van der Waals surface area contributed by atoms with E-state index >= 15 is 0 Å². The summed E-state index contributed by atoms with van der Waals surface area (Å²) in [6, 6.07) is 12.3. The molecule has 1 aliphatic carbocycles. The Labute approximate surface area is 194 Å². The number of benzene rings is 2. The van der Waals surface area contributed by atoms with E-state index in [2.05, 4.69) is 23.9 Å². The van der Waals surface area contributed by atoms with Crippen LogP contribution in [-0.2, 0) is 26.1 Å². The third-order valence-corrected chi connectivity index (χ3v) is 7.59. The number of esters is 1. The Morgan fingerprint density at radius 2 is 1.82 bits per heavy atom. The molecule has 0 unspecified atom stereocenters. The highest BCUT2D eigenvalue weighted by Gasteiger charge is 2.28. The average Bonchev–Trinajstić information content (AvgIpc) is 2.80. The summed E-state index contributed by atoms with van der Waals surface area (Å²) in [5, 5.41) is 13.0. The maximum absolute atomic E-state index is 12.6. The van der Waals surface area contributed by atoms with Gasteiger partial charge in [-0.3, -0.25) is 4.79 Å². The van der Waals surface area contributed by atoms with Crippen molar-refractivity contribution in [1.29, 1.82) is 0 Å². The van der Waals surface area contributed by atoms with Gasteiger partial charge in [-0.1, -0.05) is 57.0 Å². The van der Waals surface area contributed by atoms with Crippen LogP contribution < -0.4 is 10.0 Å². The molecule has 0 aromatic heterocycles. The zero-order chi connectivity index (χ0) is 24.0. The first-order valence-corrected chi connectivity index (χ1v) is 12.5. The fourth-order valence-electron chi connectivity index (χ4n) is 3.95. The lowest BCUT2D eigenvalue weighted by molar-refractivity contribution is -0.125. The van der Waals surface area contributed by atoms with Gasteiger partial charge in [0.05, 0.1) is 4.90 Å². The SMILES string of the molecule is C[C@H]1[C@H](C)CCC[C@H]1NC(=O)COC(=O)c1cc(S(=O)(=O)NCc2ccccc2)ccc1O. The molecule has 178 valence electrons. The van der Waals surface area contributed by atoms with Crippen molar-refractivity contribution in [2.45, 2.75) is 50.6 Å². The predicted octanol–water partition coefficient (Wildman–Crippen LogP) is 2.97. The zero-order valence-electron chi connectivity index (χ0n) is 18.8. The summed E-state index contributed by atoms with van der Waals surface area (Å²) < 4.78 is 32.8. The first-order valence-electron chi connectivity index (χ1n) is 11.0. The van der Waals surface area contributed by atoms with E-state index in [4.69, 9.17) is 4.74 Å². The monoisotopic (exact) mass is 474 g/mol. The first-order chi connectivity index (χ1) is 15.7. The van der Waals surface area contributed by atoms with E-state index in [1.54, 1.807) is 24.3 Å². The van der Waals surface area contributed by atoms with E-state index in [9.17, 15) is 23.1 Å². The van der Waals surface area contributed by atoms with E-state index in [0.717, 1.165) is 37.0 Å². The number of rotatable bonds is 8. The predicted molar refractivity (Wildman–Crippen MR) is 123 cm³/mol. The Bertz CT molecular complexity index is 1090. The molecule has 1 fully saturated rings. The Morgan fingerprint density at radius 3 is 2.55 bits per heavy atom. The molecule has 1 aliphatic rings. The number of nitrogens with one attached hydrogen (secondary N) is 2. The van der Waals surface area contributed by atoms with Crippen molar-refractivity contribution in [3.05, 3.63) is 59.7 Å². The second kappa shape index (κ2) is 10.8. The van der Waals surface area contributed by atoms with Crippen LogP contribution >= 0.6 is 0 Å². The molecule has 8 nitrogen and oxygen atoms in total. The number of carbonyl (C=O) groups excluding carboxylic acids is 2. The van der Waals surface area contributed by atoms with E-state index in [1.807, 2.05) is 6.07 Å². The van der Waals surface area contributed by atoms with Crippen LogP contribution in [-0.4, -0.2) is 38.0 Å². The van der Waals surface area contributed by atoms with Crippen molar-refractivity contribution in [3.8, 4) is 5.75 Å². The highest BCUT2D eigenvalue weighted by atomic mass is 32.2. The van der Waals surface area contributed by atoms with Crippen LogP contribution in [0.25, 0.3) is 0 Å². The van der Waals surface area contributed by atoms with Gasteiger partial charge in [-0.2, -0.15) is 0 Å². The smallest absolute Gasteiger partial charge is 0.342 e. The van der Waals surface area contributed by atoms with E-state index in [1.165, 1.54) is 6.07 Å². The lowest BCUT2D eigenvalue weighted by Crippen LogP contribution is -2.45. The van der Waals surface area contributed by atoms with Crippen LogP contribution in [0.3, 0.4) is 0 Å². The molecule has 1 amide bonds. The van der Waals surface area contributed by atoms with Gasteiger partial charge in [0.2, 0.25) is 10.0 Å². The highest BCUT2D eigenvalue weighted by Crippen LogP contribution is 2.29. The van der Waals surface area contributed by atoms with Gasteiger partial charge in [0, 0.05) is 12.6 Å². The number of hydrogen-bond donors (Lipinski definition) is 3. The Balaban J connectivity index is 1.61. The second-order valence-corrected chi connectivity index (χ2v) is 10.3. The molecule has 0 radical (unpaired) electrons. The van der Waals surface area contributed by atoms with Crippen molar-refractivity contribution in [1.82, 2.24) is 10.0 Å². The Hall–Kier alpha value is -2.91. The molecule has 0 aliphatic heterocycles. The molecule has 0 heterocycles. The van der Waals surface area contributed by atoms with Gasteiger partial charge in [-0.15, -0.1) is 0 Å². The number of ether oxygens (including phenoxy) is 1. The molecular formula is C24H30N2O6S. The number of amides is 1.